The summed E-state index contributed by atoms with van der Waals surface area (Å²) in [7, 11) is 0. The summed E-state index contributed by atoms with van der Waals surface area (Å²) in [6.45, 7) is 2.27. The highest BCUT2D eigenvalue weighted by atomic mass is 79.9. The fourth-order valence-corrected chi connectivity index (χ4v) is 3.86. The van der Waals surface area contributed by atoms with Gasteiger partial charge in [-0.25, -0.2) is 0 Å². The first-order chi connectivity index (χ1) is 13.9. The number of Topliss-reactive ketones (excluding diaryl/α,β-unsaturated/α-hetero) is 1. The van der Waals surface area contributed by atoms with Crippen LogP contribution >= 0.6 is 39.1 Å². The zero-order valence-electron chi connectivity index (χ0n) is 15.3. The molecular weight excluding hydrogens is 475 g/mol. The number of carbonyl (C=O) groups is 1. The number of carbonyl (C=O) groups excluding carboxylic acids is 1. The maximum absolute atomic E-state index is 12.8. The van der Waals surface area contributed by atoms with Gasteiger partial charge >= 0.3 is 0 Å². The van der Waals surface area contributed by atoms with E-state index < -0.39 is 0 Å². The van der Waals surface area contributed by atoms with E-state index in [1.54, 1.807) is 30.3 Å². The van der Waals surface area contributed by atoms with Gasteiger partial charge in [-0.05, 0) is 54.5 Å². The molecule has 1 heterocycles. The van der Waals surface area contributed by atoms with E-state index in [4.69, 9.17) is 32.7 Å². The molecule has 29 heavy (non-hydrogen) atoms. The molecule has 3 nitrogen and oxygen atoms in total. The van der Waals surface area contributed by atoms with Crippen LogP contribution in [0.3, 0.4) is 0 Å². The Labute approximate surface area is 187 Å². The van der Waals surface area contributed by atoms with E-state index in [1.807, 2.05) is 37.3 Å². The average molecular weight is 490 g/mol. The lowest BCUT2D eigenvalue weighted by atomic mass is 10.0. The summed E-state index contributed by atoms with van der Waals surface area (Å²) in [5.74, 6) is 1.08. The normalized spacial score (nSPS) is 14.1. The van der Waals surface area contributed by atoms with Crippen LogP contribution in [0, 0.1) is 6.92 Å². The van der Waals surface area contributed by atoms with Crippen LogP contribution < -0.4 is 9.47 Å². The molecule has 4 rings (SSSR count). The zero-order valence-corrected chi connectivity index (χ0v) is 18.4. The van der Waals surface area contributed by atoms with Gasteiger partial charge in [0.15, 0.2) is 5.76 Å². The van der Waals surface area contributed by atoms with Crippen molar-refractivity contribution < 1.29 is 14.3 Å². The number of hydrogen-bond donors (Lipinski definition) is 0. The van der Waals surface area contributed by atoms with Gasteiger partial charge in [-0.2, -0.15) is 0 Å². The third kappa shape index (κ3) is 4.20. The summed E-state index contributed by atoms with van der Waals surface area (Å²) >= 11 is 15.8. The predicted molar refractivity (Wildman–Crippen MR) is 119 cm³/mol. The molecular formula is C23H15BrCl2O3. The molecule has 0 fully saturated rings. The van der Waals surface area contributed by atoms with Crippen LogP contribution in [0.1, 0.15) is 27.0 Å². The van der Waals surface area contributed by atoms with Crippen molar-refractivity contribution in [2.75, 3.05) is 0 Å². The topological polar surface area (TPSA) is 35.5 Å². The van der Waals surface area contributed by atoms with Gasteiger partial charge in [0.25, 0.3) is 0 Å². The van der Waals surface area contributed by atoms with Gasteiger partial charge in [0.2, 0.25) is 5.78 Å². The lowest BCUT2D eigenvalue weighted by molar-refractivity contribution is 0.101. The third-order valence-corrected chi connectivity index (χ3v) is 5.73. The second kappa shape index (κ2) is 8.23. The van der Waals surface area contributed by atoms with Crippen LogP contribution in [-0.2, 0) is 6.61 Å². The Balaban J connectivity index is 1.59. The molecule has 0 spiro atoms. The summed E-state index contributed by atoms with van der Waals surface area (Å²) in [5, 5.41) is 0.903. The van der Waals surface area contributed by atoms with E-state index >= 15 is 0 Å². The minimum atomic E-state index is -0.201. The Bertz CT molecular complexity index is 1120. The quantitative estimate of drug-likeness (QED) is 0.362. The standard InChI is InChI=1S/C23H15BrCl2O3/c1-13-9-16(28-12-14-5-7-15(24)8-6-14)10-20-22(13)23(27)21(29-20)11-17-18(25)3-2-4-19(17)26/h2-11H,12H2,1H3/b21-11-. The van der Waals surface area contributed by atoms with Crippen molar-refractivity contribution in [3.05, 3.63) is 97.1 Å². The molecule has 0 aliphatic carbocycles. The van der Waals surface area contributed by atoms with E-state index in [2.05, 4.69) is 15.9 Å². The number of aryl methyl sites for hydroxylation is 1. The van der Waals surface area contributed by atoms with Crippen LogP contribution in [0.4, 0.5) is 0 Å². The third-order valence-electron chi connectivity index (χ3n) is 4.54. The van der Waals surface area contributed by atoms with Crippen molar-refractivity contribution in [1.29, 1.82) is 0 Å². The molecule has 0 saturated carbocycles. The molecule has 1 aliphatic rings. The Morgan fingerprint density at radius 1 is 1.07 bits per heavy atom. The maximum Gasteiger partial charge on any atom is 0.232 e. The number of ketones is 1. The SMILES string of the molecule is Cc1cc(OCc2ccc(Br)cc2)cc2c1C(=O)/C(=C/c1c(Cl)cccc1Cl)O2. The molecule has 146 valence electrons. The monoisotopic (exact) mass is 488 g/mol. The highest BCUT2D eigenvalue weighted by Crippen LogP contribution is 2.39. The Morgan fingerprint density at radius 2 is 1.76 bits per heavy atom. The Hall–Kier alpha value is -2.27. The van der Waals surface area contributed by atoms with Gasteiger partial charge in [-0.15, -0.1) is 0 Å². The second-order valence-electron chi connectivity index (χ2n) is 6.60. The first kappa shape index (κ1) is 20.0. The van der Waals surface area contributed by atoms with Gasteiger partial charge in [0.1, 0.15) is 18.1 Å². The fourth-order valence-electron chi connectivity index (χ4n) is 3.09. The minimum Gasteiger partial charge on any atom is -0.489 e. The number of fused-ring (bicyclic) bond motifs is 1. The van der Waals surface area contributed by atoms with E-state index in [0.717, 1.165) is 15.6 Å². The Kier molecular flexibility index (Phi) is 5.68. The summed E-state index contributed by atoms with van der Waals surface area (Å²) < 4.78 is 12.7. The lowest BCUT2D eigenvalue weighted by Gasteiger charge is -2.09. The van der Waals surface area contributed by atoms with Crippen LogP contribution in [0.5, 0.6) is 11.5 Å². The van der Waals surface area contributed by atoms with Gasteiger partial charge in [0, 0.05) is 26.1 Å². The Morgan fingerprint density at radius 3 is 2.45 bits per heavy atom. The molecule has 0 N–H and O–H groups in total. The van der Waals surface area contributed by atoms with Gasteiger partial charge < -0.3 is 9.47 Å². The summed E-state index contributed by atoms with van der Waals surface area (Å²) in [5.41, 5.74) is 2.90. The van der Waals surface area contributed by atoms with Gasteiger partial charge in [0.05, 0.1) is 5.56 Å². The van der Waals surface area contributed by atoms with Crippen molar-refractivity contribution in [3.63, 3.8) is 0 Å². The van der Waals surface area contributed by atoms with E-state index in [0.29, 0.717) is 39.3 Å². The molecule has 0 amide bonds. The lowest BCUT2D eigenvalue weighted by Crippen LogP contribution is -2.00. The largest absolute Gasteiger partial charge is 0.489 e. The van der Waals surface area contributed by atoms with Crippen LogP contribution in [0.25, 0.3) is 6.08 Å². The maximum atomic E-state index is 12.8. The van der Waals surface area contributed by atoms with E-state index in [-0.39, 0.29) is 11.5 Å². The first-order valence-electron chi connectivity index (χ1n) is 8.82. The van der Waals surface area contributed by atoms with Gasteiger partial charge in [-0.1, -0.05) is 57.3 Å². The van der Waals surface area contributed by atoms with Crippen molar-refractivity contribution >= 4 is 51.0 Å². The minimum absolute atomic E-state index is 0.183. The number of rotatable bonds is 4. The molecule has 0 unspecified atom stereocenters. The van der Waals surface area contributed by atoms with Crippen LogP contribution in [0.2, 0.25) is 10.0 Å². The summed E-state index contributed by atoms with van der Waals surface area (Å²) in [6, 6.07) is 16.6. The smallest absolute Gasteiger partial charge is 0.232 e. The first-order valence-corrected chi connectivity index (χ1v) is 10.4. The van der Waals surface area contributed by atoms with Crippen LogP contribution in [0.15, 0.2) is 64.8 Å². The van der Waals surface area contributed by atoms with Crippen LogP contribution in [-0.4, -0.2) is 5.78 Å². The van der Waals surface area contributed by atoms with Crippen molar-refractivity contribution in [2.24, 2.45) is 0 Å². The number of benzene rings is 3. The average Bonchev–Trinajstić information content (AvgIpc) is 3.00. The highest BCUT2D eigenvalue weighted by Gasteiger charge is 2.30. The number of hydrogen-bond acceptors (Lipinski definition) is 3. The molecule has 0 radical (unpaired) electrons. The predicted octanol–water partition coefficient (Wildman–Crippen LogP) is 7.26. The molecule has 0 aromatic heterocycles. The van der Waals surface area contributed by atoms with E-state index in [1.165, 1.54) is 0 Å². The molecule has 6 heteroatoms. The van der Waals surface area contributed by atoms with Crippen molar-refractivity contribution in [1.82, 2.24) is 0 Å². The number of ether oxygens (including phenoxy) is 2. The van der Waals surface area contributed by atoms with Crippen molar-refractivity contribution in [2.45, 2.75) is 13.5 Å². The second-order valence-corrected chi connectivity index (χ2v) is 8.33. The molecule has 1 aliphatic heterocycles. The summed E-state index contributed by atoms with van der Waals surface area (Å²) in [6.07, 6.45) is 1.58. The number of halogens is 3. The van der Waals surface area contributed by atoms with Crippen molar-refractivity contribution in [3.8, 4) is 11.5 Å². The molecule has 3 aromatic carbocycles. The summed E-state index contributed by atoms with van der Waals surface area (Å²) in [4.78, 5) is 12.8. The molecule has 3 aromatic rings. The molecule has 0 bridgehead atoms. The van der Waals surface area contributed by atoms with E-state index in [9.17, 15) is 4.79 Å². The molecule has 0 saturated heterocycles. The fraction of sp³-hybridized carbons (Fsp3) is 0.0870. The van der Waals surface area contributed by atoms with Gasteiger partial charge in [-0.3, -0.25) is 4.79 Å². The molecule has 0 atom stereocenters. The zero-order chi connectivity index (χ0) is 20.5. The highest BCUT2D eigenvalue weighted by molar-refractivity contribution is 9.10. The number of allylic oxidation sites excluding steroid dienone is 1.